The average molecular weight is 309 g/mol. The summed E-state index contributed by atoms with van der Waals surface area (Å²) in [5, 5.41) is -0.175. The van der Waals surface area contributed by atoms with Crippen molar-refractivity contribution < 1.29 is 4.39 Å². The van der Waals surface area contributed by atoms with E-state index in [1.807, 2.05) is 6.92 Å². The fraction of sp³-hybridized carbons (Fsp3) is 0.588. The molecule has 1 fully saturated rings. The first kappa shape index (κ1) is 14.8. The molecule has 2 atom stereocenters. The Balaban J connectivity index is 2.14. The van der Waals surface area contributed by atoms with Gasteiger partial charge in [0.05, 0.1) is 16.4 Å². The fourth-order valence-electron chi connectivity index (χ4n) is 3.63. The largest absolute Gasteiger partial charge is 0.324 e. The third-order valence-corrected chi connectivity index (χ3v) is 4.77. The number of rotatable bonds is 2. The van der Waals surface area contributed by atoms with Gasteiger partial charge < -0.3 is 4.57 Å². The molecule has 1 aromatic carbocycles. The van der Waals surface area contributed by atoms with E-state index in [1.54, 1.807) is 12.1 Å². The third-order valence-electron chi connectivity index (χ3n) is 4.58. The van der Waals surface area contributed by atoms with E-state index in [0.717, 1.165) is 29.7 Å². The van der Waals surface area contributed by atoms with Crippen molar-refractivity contribution in [2.75, 3.05) is 0 Å². The first-order valence-electron chi connectivity index (χ1n) is 7.69. The van der Waals surface area contributed by atoms with Gasteiger partial charge >= 0.3 is 0 Å². The van der Waals surface area contributed by atoms with E-state index in [2.05, 4.69) is 23.4 Å². The molecule has 1 heterocycles. The number of nitrogens with zero attached hydrogens (tertiary/aromatic N) is 2. The summed E-state index contributed by atoms with van der Waals surface area (Å²) in [5.74, 6) is 0.646. The van der Waals surface area contributed by atoms with Crippen LogP contribution in [0.1, 0.15) is 63.7 Å². The Bertz CT molecular complexity index is 660. The Morgan fingerprint density at radius 2 is 2.19 bits per heavy atom. The van der Waals surface area contributed by atoms with Gasteiger partial charge in [-0.3, -0.25) is 0 Å². The maximum atomic E-state index is 13.7. The molecular weight excluding hydrogens is 287 g/mol. The second kappa shape index (κ2) is 5.28. The maximum absolute atomic E-state index is 13.7. The van der Waals surface area contributed by atoms with Gasteiger partial charge in [0.15, 0.2) is 0 Å². The molecule has 0 amide bonds. The van der Waals surface area contributed by atoms with Crippen molar-refractivity contribution in [1.82, 2.24) is 9.55 Å². The van der Waals surface area contributed by atoms with E-state index in [4.69, 9.17) is 11.6 Å². The molecule has 0 N–H and O–H groups in total. The van der Waals surface area contributed by atoms with E-state index in [9.17, 15) is 4.39 Å². The second-order valence-electron chi connectivity index (χ2n) is 7.00. The number of benzene rings is 1. The Morgan fingerprint density at radius 3 is 2.86 bits per heavy atom. The maximum Gasteiger partial charge on any atom is 0.127 e. The van der Waals surface area contributed by atoms with Crippen molar-refractivity contribution in [1.29, 1.82) is 0 Å². The summed E-state index contributed by atoms with van der Waals surface area (Å²) in [6.07, 6.45) is 4.65. The lowest BCUT2D eigenvalue weighted by atomic mass is 9.75. The fourth-order valence-corrected chi connectivity index (χ4v) is 3.78. The summed E-state index contributed by atoms with van der Waals surface area (Å²) in [7, 11) is 0. The molecule has 2 aromatic rings. The van der Waals surface area contributed by atoms with Gasteiger partial charge in [0.1, 0.15) is 11.6 Å². The number of fused-ring (bicyclic) bond motifs is 1. The highest BCUT2D eigenvalue weighted by atomic mass is 35.5. The molecule has 0 aliphatic heterocycles. The first-order valence-corrected chi connectivity index (χ1v) is 8.12. The zero-order valence-electron chi connectivity index (χ0n) is 12.9. The topological polar surface area (TPSA) is 17.8 Å². The van der Waals surface area contributed by atoms with E-state index in [-0.39, 0.29) is 11.2 Å². The summed E-state index contributed by atoms with van der Waals surface area (Å²) in [6.45, 7) is 6.55. The van der Waals surface area contributed by atoms with E-state index < -0.39 is 0 Å². The van der Waals surface area contributed by atoms with Gasteiger partial charge in [-0.25, -0.2) is 9.37 Å². The molecular formula is C17H22ClFN2. The third kappa shape index (κ3) is 2.80. The molecule has 0 radical (unpaired) electrons. The standard InChI is InChI=1S/C17H22ClFN2/c1-11(18)16-20-14-7-6-12(19)9-15(14)21(16)13-5-4-8-17(2,3)10-13/h6-7,9,11,13H,4-5,8,10H2,1-3H3. The Kier molecular flexibility index (Phi) is 3.73. The van der Waals surface area contributed by atoms with Gasteiger partial charge in [-0.15, -0.1) is 11.6 Å². The van der Waals surface area contributed by atoms with Crippen LogP contribution in [-0.2, 0) is 0 Å². The number of halogens is 2. The SMILES string of the molecule is CC(Cl)c1nc2ccc(F)cc2n1C1CCCC(C)(C)C1. The molecule has 2 nitrogen and oxygen atoms in total. The lowest BCUT2D eigenvalue weighted by Crippen LogP contribution is -2.26. The molecule has 0 spiro atoms. The lowest BCUT2D eigenvalue weighted by Gasteiger charge is -2.37. The highest BCUT2D eigenvalue weighted by Gasteiger charge is 2.31. The minimum Gasteiger partial charge on any atom is -0.324 e. The van der Waals surface area contributed by atoms with Crippen LogP contribution >= 0.6 is 11.6 Å². The van der Waals surface area contributed by atoms with Crippen LogP contribution in [0.5, 0.6) is 0 Å². The minimum absolute atomic E-state index is 0.175. The molecule has 1 saturated carbocycles. The van der Waals surface area contributed by atoms with Gasteiger partial charge in [-0.05, 0) is 49.8 Å². The molecule has 2 unspecified atom stereocenters. The highest BCUT2D eigenvalue weighted by Crippen LogP contribution is 2.43. The van der Waals surface area contributed by atoms with Gasteiger partial charge in [-0.1, -0.05) is 20.3 Å². The normalized spacial score (nSPS) is 23.4. The smallest absolute Gasteiger partial charge is 0.127 e. The van der Waals surface area contributed by atoms with E-state index in [0.29, 0.717) is 11.5 Å². The van der Waals surface area contributed by atoms with Crippen LogP contribution in [0, 0.1) is 11.2 Å². The van der Waals surface area contributed by atoms with Crippen LogP contribution in [0.3, 0.4) is 0 Å². The summed E-state index contributed by atoms with van der Waals surface area (Å²) in [5.41, 5.74) is 2.03. The van der Waals surface area contributed by atoms with E-state index >= 15 is 0 Å². The Labute approximate surface area is 130 Å². The van der Waals surface area contributed by atoms with Crippen LogP contribution in [-0.4, -0.2) is 9.55 Å². The number of imidazole rings is 1. The van der Waals surface area contributed by atoms with Gasteiger partial charge in [-0.2, -0.15) is 0 Å². The molecule has 1 aliphatic rings. The van der Waals surface area contributed by atoms with Crippen molar-refractivity contribution >= 4 is 22.6 Å². The van der Waals surface area contributed by atoms with Gasteiger partial charge in [0, 0.05) is 6.04 Å². The van der Waals surface area contributed by atoms with E-state index in [1.165, 1.54) is 18.9 Å². The number of hydrogen-bond acceptors (Lipinski definition) is 1. The average Bonchev–Trinajstić information content (AvgIpc) is 2.76. The van der Waals surface area contributed by atoms with Crippen LogP contribution in [0.15, 0.2) is 18.2 Å². The van der Waals surface area contributed by atoms with Gasteiger partial charge in [0.2, 0.25) is 0 Å². The lowest BCUT2D eigenvalue weighted by molar-refractivity contribution is 0.183. The highest BCUT2D eigenvalue weighted by molar-refractivity contribution is 6.20. The predicted octanol–water partition coefficient (Wildman–Crippen LogP) is 5.62. The minimum atomic E-state index is -0.215. The van der Waals surface area contributed by atoms with Crippen molar-refractivity contribution in [3.63, 3.8) is 0 Å². The summed E-state index contributed by atoms with van der Waals surface area (Å²) >= 11 is 6.33. The van der Waals surface area contributed by atoms with Crippen molar-refractivity contribution in [3.8, 4) is 0 Å². The molecule has 4 heteroatoms. The monoisotopic (exact) mass is 308 g/mol. The molecule has 3 rings (SSSR count). The van der Waals surface area contributed by atoms with Crippen molar-refractivity contribution in [2.24, 2.45) is 5.41 Å². The summed E-state index contributed by atoms with van der Waals surface area (Å²) < 4.78 is 15.9. The zero-order valence-corrected chi connectivity index (χ0v) is 13.6. The predicted molar refractivity (Wildman–Crippen MR) is 85.2 cm³/mol. The van der Waals surface area contributed by atoms with Crippen LogP contribution in [0.2, 0.25) is 0 Å². The molecule has 1 aliphatic carbocycles. The Morgan fingerprint density at radius 1 is 1.43 bits per heavy atom. The zero-order chi connectivity index (χ0) is 15.2. The second-order valence-corrected chi connectivity index (χ2v) is 7.66. The molecule has 21 heavy (non-hydrogen) atoms. The number of alkyl halides is 1. The first-order chi connectivity index (χ1) is 9.87. The quantitative estimate of drug-likeness (QED) is 0.659. The number of hydrogen-bond donors (Lipinski definition) is 0. The van der Waals surface area contributed by atoms with Crippen molar-refractivity contribution in [3.05, 3.63) is 29.8 Å². The van der Waals surface area contributed by atoms with Crippen LogP contribution < -0.4 is 0 Å². The Hall–Kier alpha value is -1.09. The van der Waals surface area contributed by atoms with Gasteiger partial charge in [0.25, 0.3) is 0 Å². The molecule has 114 valence electrons. The number of aromatic nitrogens is 2. The molecule has 1 aromatic heterocycles. The van der Waals surface area contributed by atoms with Crippen LogP contribution in [0.4, 0.5) is 4.39 Å². The molecule has 0 saturated heterocycles. The molecule has 0 bridgehead atoms. The van der Waals surface area contributed by atoms with Crippen molar-refractivity contribution in [2.45, 2.75) is 57.9 Å². The summed E-state index contributed by atoms with van der Waals surface area (Å²) in [6, 6.07) is 5.16. The summed E-state index contributed by atoms with van der Waals surface area (Å²) in [4.78, 5) is 4.64. The van der Waals surface area contributed by atoms with Crippen LogP contribution in [0.25, 0.3) is 11.0 Å².